The van der Waals surface area contributed by atoms with E-state index in [1.807, 2.05) is 83.1 Å². The van der Waals surface area contributed by atoms with Crippen molar-refractivity contribution in [1.29, 1.82) is 0 Å². The first-order valence-corrected chi connectivity index (χ1v) is 11.4. The molecular weight excluding hydrogens is 400 g/mol. The Hall–Kier alpha value is -2.95. The molecule has 0 aromatic heterocycles. The van der Waals surface area contributed by atoms with Gasteiger partial charge in [0.2, 0.25) is 17.7 Å². The molecule has 3 atom stereocenters. The fourth-order valence-corrected chi connectivity index (χ4v) is 5.56. The summed E-state index contributed by atoms with van der Waals surface area (Å²) in [6.07, 6.45) is 1.64. The summed E-state index contributed by atoms with van der Waals surface area (Å²) in [6, 6.07) is 14.5. The summed E-state index contributed by atoms with van der Waals surface area (Å²) in [5.41, 5.74) is 2.60. The third-order valence-corrected chi connectivity index (χ3v) is 7.83. The zero-order valence-corrected chi connectivity index (χ0v) is 19.6. The Balaban J connectivity index is 1.72. The van der Waals surface area contributed by atoms with Crippen LogP contribution in [0.4, 0.5) is 5.69 Å². The van der Waals surface area contributed by atoms with Crippen molar-refractivity contribution in [2.75, 3.05) is 5.32 Å². The minimum absolute atomic E-state index is 0.216. The number of nitrogens with zero attached hydrogens (tertiary/aromatic N) is 1. The summed E-state index contributed by atoms with van der Waals surface area (Å²) >= 11 is 0. The van der Waals surface area contributed by atoms with E-state index in [0.29, 0.717) is 18.5 Å². The third-order valence-electron chi connectivity index (χ3n) is 7.83. The van der Waals surface area contributed by atoms with E-state index in [-0.39, 0.29) is 30.1 Å². The molecule has 2 bridgehead atoms. The molecule has 3 unspecified atom stereocenters. The van der Waals surface area contributed by atoms with Gasteiger partial charge in [0.05, 0.1) is 5.41 Å². The lowest BCUT2D eigenvalue weighted by molar-refractivity contribution is -0.172. The number of nitrogens with one attached hydrogen (secondary N) is 1. The Kier molecular flexibility index (Phi) is 5.48. The quantitative estimate of drug-likeness (QED) is 0.699. The Bertz CT molecular complexity index is 1060. The first-order valence-electron chi connectivity index (χ1n) is 11.4. The molecule has 5 nitrogen and oxygen atoms in total. The first-order chi connectivity index (χ1) is 15.0. The minimum atomic E-state index is -0.894. The van der Waals surface area contributed by atoms with Crippen molar-refractivity contribution in [2.45, 2.75) is 59.9 Å². The van der Waals surface area contributed by atoms with Crippen molar-refractivity contribution >= 4 is 23.4 Å². The maximum atomic E-state index is 13.8. The molecule has 1 aliphatic heterocycles. The maximum Gasteiger partial charge on any atom is 0.248 e. The Morgan fingerprint density at radius 2 is 1.69 bits per heavy atom. The monoisotopic (exact) mass is 432 g/mol. The lowest BCUT2D eigenvalue weighted by Crippen LogP contribution is -2.64. The lowest BCUT2D eigenvalue weighted by Gasteiger charge is -2.49. The molecular formula is C27H32N2O3. The molecule has 5 heteroatoms. The Morgan fingerprint density at radius 3 is 2.31 bits per heavy atom. The number of likely N-dealkylation sites (tertiary alicyclic amines) is 1. The number of hydrogen-bond donors (Lipinski definition) is 1. The van der Waals surface area contributed by atoms with Crippen LogP contribution in [0.15, 0.2) is 48.5 Å². The second-order valence-corrected chi connectivity index (χ2v) is 10.2. The van der Waals surface area contributed by atoms with Gasteiger partial charge < -0.3 is 5.32 Å². The van der Waals surface area contributed by atoms with Crippen molar-refractivity contribution in [2.24, 2.45) is 16.7 Å². The molecule has 2 aromatic carbocycles. The van der Waals surface area contributed by atoms with Crippen molar-refractivity contribution < 1.29 is 14.4 Å². The second-order valence-electron chi connectivity index (χ2n) is 10.2. The molecule has 32 heavy (non-hydrogen) atoms. The van der Waals surface area contributed by atoms with Gasteiger partial charge in [-0.25, -0.2) is 0 Å². The van der Waals surface area contributed by atoms with Gasteiger partial charge in [-0.1, -0.05) is 57.2 Å². The summed E-state index contributed by atoms with van der Waals surface area (Å²) in [7, 11) is 0. The van der Waals surface area contributed by atoms with Crippen LogP contribution < -0.4 is 5.32 Å². The molecule has 168 valence electrons. The van der Waals surface area contributed by atoms with E-state index in [9.17, 15) is 14.4 Å². The van der Waals surface area contributed by atoms with Gasteiger partial charge in [0, 0.05) is 18.0 Å². The van der Waals surface area contributed by atoms with E-state index in [1.165, 1.54) is 4.90 Å². The van der Waals surface area contributed by atoms with Gasteiger partial charge in [0.15, 0.2) is 0 Å². The van der Waals surface area contributed by atoms with Crippen LogP contribution in [0.5, 0.6) is 0 Å². The molecule has 2 aromatic rings. The molecule has 1 saturated carbocycles. The number of benzene rings is 2. The van der Waals surface area contributed by atoms with E-state index in [2.05, 4.69) is 5.32 Å². The minimum Gasteiger partial charge on any atom is -0.324 e. The van der Waals surface area contributed by atoms with Crippen LogP contribution in [0, 0.1) is 30.6 Å². The highest BCUT2D eigenvalue weighted by atomic mass is 16.2. The third kappa shape index (κ3) is 3.54. The number of amides is 3. The van der Waals surface area contributed by atoms with Gasteiger partial charge in [-0.2, -0.15) is 0 Å². The van der Waals surface area contributed by atoms with E-state index in [0.717, 1.165) is 16.7 Å². The molecule has 1 aliphatic carbocycles. The number of carbonyl (C=O) groups is 3. The highest BCUT2D eigenvalue weighted by molar-refractivity contribution is 6.09. The number of aryl methyl sites for hydroxylation is 2. The maximum absolute atomic E-state index is 13.8. The average Bonchev–Trinajstić information content (AvgIpc) is 2.90. The zero-order chi connectivity index (χ0) is 23.3. The van der Waals surface area contributed by atoms with E-state index in [4.69, 9.17) is 0 Å². The first kappa shape index (κ1) is 22.3. The van der Waals surface area contributed by atoms with Gasteiger partial charge >= 0.3 is 0 Å². The molecule has 2 aliphatic rings. The number of anilines is 1. The molecule has 1 saturated heterocycles. The van der Waals surface area contributed by atoms with Crippen LogP contribution in [0.3, 0.4) is 0 Å². The topological polar surface area (TPSA) is 66.5 Å². The predicted molar refractivity (Wildman–Crippen MR) is 125 cm³/mol. The number of carbonyl (C=O) groups excluding carboxylic acids is 3. The highest BCUT2D eigenvalue weighted by Gasteiger charge is 2.65. The molecule has 0 spiro atoms. The number of fused-ring (bicyclic) bond motifs is 2. The molecule has 0 radical (unpaired) electrons. The number of hydrogen-bond acceptors (Lipinski definition) is 3. The fraction of sp³-hybridized carbons (Fsp3) is 0.444. The van der Waals surface area contributed by atoms with Crippen LogP contribution >= 0.6 is 0 Å². The molecule has 3 amide bonds. The second kappa shape index (κ2) is 7.88. The molecule has 2 fully saturated rings. The SMILES string of the molecule is Cc1cc(C)cc(NC(=O)C(Cc2ccccc2)N2C(=O)C3CCC(C)(C2=O)C3(C)C)c1. The highest BCUT2D eigenvalue weighted by Crippen LogP contribution is 2.60. The van der Waals surface area contributed by atoms with Crippen molar-refractivity contribution in [3.05, 3.63) is 65.2 Å². The molecule has 1 N–H and O–H groups in total. The average molecular weight is 433 g/mol. The molecule has 4 rings (SSSR count). The fourth-order valence-electron chi connectivity index (χ4n) is 5.56. The van der Waals surface area contributed by atoms with E-state index >= 15 is 0 Å². The van der Waals surface area contributed by atoms with Crippen LogP contribution in [0.1, 0.15) is 50.3 Å². The van der Waals surface area contributed by atoms with Gasteiger partial charge in [-0.3, -0.25) is 19.3 Å². The predicted octanol–water partition coefficient (Wildman–Crippen LogP) is 4.66. The van der Waals surface area contributed by atoms with Gasteiger partial charge in [0.25, 0.3) is 0 Å². The number of imide groups is 1. The summed E-state index contributed by atoms with van der Waals surface area (Å²) < 4.78 is 0. The summed E-state index contributed by atoms with van der Waals surface area (Å²) in [5.74, 6) is -1.02. The Morgan fingerprint density at radius 1 is 1.06 bits per heavy atom. The normalized spacial score (nSPS) is 25.0. The van der Waals surface area contributed by atoms with Gasteiger partial charge in [-0.15, -0.1) is 0 Å². The van der Waals surface area contributed by atoms with Crippen LogP contribution in [0.2, 0.25) is 0 Å². The zero-order valence-electron chi connectivity index (χ0n) is 19.6. The van der Waals surface area contributed by atoms with Crippen molar-refractivity contribution in [3.63, 3.8) is 0 Å². The smallest absolute Gasteiger partial charge is 0.248 e. The lowest BCUT2D eigenvalue weighted by atomic mass is 9.62. The largest absolute Gasteiger partial charge is 0.324 e. The van der Waals surface area contributed by atoms with Gasteiger partial charge in [-0.05, 0) is 60.9 Å². The summed E-state index contributed by atoms with van der Waals surface area (Å²) in [6.45, 7) is 9.93. The van der Waals surface area contributed by atoms with Crippen molar-refractivity contribution in [3.8, 4) is 0 Å². The summed E-state index contributed by atoms with van der Waals surface area (Å²) in [4.78, 5) is 42.2. The van der Waals surface area contributed by atoms with Crippen molar-refractivity contribution in [1.82, 2.24) is 4.90 Å². The number of piperidine rings is 1. The van der Waals surface area contributed by atoms with E-state index < -0.39 is 16.9 Å². The summed E-state index contributed by atoms with van der Waals surface area (Å²) in [5, 5.41) is 2.98. The molecule has 1 heterocycles. The van der Waals surface area contributed by atoms with Crippen LogP contribution in [0.25, 0.3) is 0 Å². The van der Waals surface area contributed by atoms with Gasteiger partial charge in [0.1, 0.15) is 6.04 Å². The van der Waals surface area contributed by atoms with Crippen LogP contribution in [-0.4, -0.2) is 28.7 Å². The number of rotatable bonds is 5. The standard InChI is InChI=1S/C27H32N2O3/c1-17-13-18(2)15-20(14-17)28-23(30)22(16-19-9-7-6-8-10-19)29-24(31)21-11-12-27(5,25(29)32)26(21,3)4/h6-10,13-15,21-22H,11-12,16H2,1-5H3,(H,28,30). The Labute approximate surface area is 190 Å². The van der Waals surface area contributed by atoms with Crippen LogP contribution in [-0.2, 0) is 20.8 Å². The van der Waals surface area contributed by atoms with E-state index in [1.54, 1.807) is 0 Å².